The van der Waals surface area contributed by atoms with Crippen molar-refractivity contribution in [3.05, 3.63) is 47.5 Å². The third-order valence-corrected chi connectivity index (χ3v) is 8.72. The van der Waals surface area contributed by atoms with E-state index in [1.165, 1.54) is 6.07 Å². The minimum Gasteiger partial charge on any atom is -0.475 e. The van der Waals surface area contributed by atoms with Crippen molar-refractivity contribution in [1.29, 1.82) is 0 Å². The molecular weight excluding hydrogens is 559 g/mol. The Bertz CT molecular complexity index is 1790. The molecule has 2 aromatic carbocycles. The molecule has 0 unspecified atom stereocenters. The summed E-state index contributed by atoms with van der Waals surface area (Å²) in [6.45, 7) is 3.69. The monoisotopic (exact) mass is 589 g/mol. The first-order chi connectivity index (χ1) is 20.8. The minimum atomic E-state index is -0.933. The van der Waals surface area contributed by atoms with Crippen LogP contribution in [0.4, 0.5) is 19.0 Å². The van der Waals surface area contributed by atoms with Crippen molar-refractivity contribution in [2.75, 3.05) is 44.3 Å². The summed E-state index contributed by atoms with van der Waals surface area (Å²) in [5, 5.41) is 11.4. The fraction of sp³-hybridized carbons (Fsp3) is 0.406. The molecule has 222 valence electrons. The molecule has 1 N–H and O–H groups in total. The third-order valence-electron chi connectivity index (χ3n) is 8.72. The predicted molar refractivity (Wildman–Crippen MR) is 156 cm³/mol. The molecule has 0 bridgehead atoms. The average molecular weight is 590 g/mol. The molecule has 3 aliphatic rings. The SMILES string of the molecule is C#Cc1c(F)ccc2cccc(-c3nc4c5c(nc(OC[C@@]67CCCN6C[C@H](F)C7)nc5c3F)N(C[C@@H](C)O)CCO4)c12. The van der Waals surface area contributed by atoms with Crippen molar-refractivity contribution in [2.45, 2.75) is 44.0 Å². The van der Waals surface area contributed by atoms with E-state index in [0.717, 1.165) is 19.4 Å². The quantitative estimate of drug-likeness (QED) is 0.326. The molecule has 3 aliphatic heterocycles. The summed E-state index contributed by atoms with van der Waals surface area (Å²) in [7, 11) is 0. The second-order valence-corrected chi connectivity index (χ2v) is 11.6. The van der Waals surface area contributed by atoms with E-state index in [2.05, 4.69) is 25.8 Å². The van der Waals surface area contributed by atoms with Gasteiger partial charge in [-0.3, -0.25) is 4.90 Å². The van der Waals surface area contributed by atoms with Gasteiger partial charge < -0.3 is 19.5 Å². The van der Waals surface area contributed by atoms with Gasteiger partial charge in [0.1, 0.15) is 47.6 Å². The lowest BCUT2D eigenvalue weighted by molar-refractivity contribution is 0.107. The van der Waals surface area contributed by atoms with E-state index >= 15 is 4.39 Å². The summed E-state index contributed by atoms with van der Waals surface area (Å²) in [6.07, 6.45) is 6.12. The second-order valence-electron chi connectivity index (χ2n) is 11.6. The average Bonchev–Trinajstić information content (AvgIpc) is 3.45. The molecule has 2 saturated heterocycles. The number of halogens is 3. The van der Waals surface area contributed by atoms with Crippen LogP contribution in [0.5, 0.6) is 11.9 Å². The molecule has 2 fully saturated rings. The molecular formula is C32H30F3N5O3. The molecule has 11 heteroatoms. The summed E-state index contributed by atoms with van der Waals surface area (Å²) >= 11 is 0. The molecule has 3 atom stereocenters. The highest BCUT2D eigenvalue weighted by Gasteiger charge is 2.49. The molecule has 0 aliphatic carbocycles. The molecule has 0 spiro atoms. The number of terminal acetylenes is 1. The Morgan fingerprint density at radius 3 is 2.86 bits per heavy atom. The Kier molecular flexibility index (Phi) is 6.78. The summed E-state index contributed by atoms with van der Waals surface area (Å²) < 4.78 is 58.1. The number of pyridine rings is 1. The van der Waals surface area contributed by atoms with Crippen LogP contribution < -0.4 is 14.4 Å². The maximum Gasteiger partial charge on any atom is 0.319 e. The van der Waals surface area contributed by atoms with Crippen LogP contribution in [-0.4, -0.2) is 82.2 Å². The number of β-amino-alcohol motifs (C(OH)–C–C–N with tert-alkyl or cyclic N) is 1. The summed E-state index contributed by atoms with van der Waals surface area (Å²) in [5.74, 6) is 1.44. The number of hydrogen-bond donors (Lipinski definition) is 1. The largest absolute Gasteiger partial charge is 0.475 e. The van der Waals surface area contributed by atoms with Gasteiger partial charge >= 0.3 is 6.01 Å². The van der Waals surface area contributed by atoms with Gasteiger partial charge in [-0.2, -0.15) is 9.97 Å². The van der Waals surface area contributed by atoms with Gasteiger partial charge in [0.25, 0.3) is 0 Å². The highest BCUT2D eigenvalue weighted by Crippen LogP contribution is 2.43. The Balaban J connectivity index is 1.42. The van der Waals surface area contributed by atoms with Gasteiger partial charge in [0.2, 0.25) is 5.88 Å². The van der Waals surface area contributed by atoms with E-state index in [1.807, 2.05) is 0 Å². The van der Waals surface area contributed by atoms with Crippen LogP contribution in [0.3, 0.4) is 0 Å². The lowest BCUT2D eigenvalue weighted by Crippen LogP contribution is -2.43. The summed E-state index contributed by atoms with van der Waals surface area (Å²) in [5.41, 5.74) is -0.368. The zero-order valence-electron chi connectivity index (χ0n) is 23.6. The van der Waals surface area contributed by atoms with Gasteiger partial charge in [-0.1, -0.05) is 30.2 Å². The van der Waals surface area contributed by atoms with Crippen molar-refractivity contribution < 1.29 is 27.8 Å². The number of aliphatic hydroxyl groups excluding tert-OH is 1. The molecule has 43 heavy (non-hydrogen) atoms. The van der Waals surface area contributed by atoms with Crippen molar-refractivity contribution in [1.82, 2.24) is 19.9 Å². The number of anilines is 1. The topological polar surface area (TPSA) is 83.8 Å². The van der Waals surface area contributed by atoms with E-state index in [4.69, 9.17) is 15.9 Å². The van der Waals surface area contributed by atoms with E-state index in [9.17, 15) is 13.9 Å². The van der Waals surface area contributed by atoms with Crippen LogP contribution in [0.2, 0.25) is 0 Å². The Hall–Kier alpha value is -4.14. The molecule has 5 heterocycles. The first-order valence-corrected chi connectivity index (χ1v) is 14.4. The number of aliphatic hydroxyl groups is 1. The van der Waals surface area contributed by atoms with Gasteiger partial charge in [-0.15, -0.1) is 6.42 Å². The third kappa shape index (κ3) is 4.60. The number of rotatable bonds is 6. The standard InChI is InChI=1S/C32H30F3N5O3/c1-3-21-23(34)9-8-19-6-4-7-22(24(19)21)27-26(35)28-25-29(39(15-18(2)41)12-13-42-30(25)36-27)38-31(37-28)43-17-32-10-5-11-40(32)16-20(33)14-32/h1,4,6-9,18,20,41H,5,10-17H2,2H3/t18-,20-,32+/m1/s1. The van der Waals surface area contributed by atoms with Crippen molar-refractivity contribution in [2.24, 2.45) is 0 Å². The number of nitrogens with zero attached hydrogens (tertiary/aromatic N) is 5. The van der Waals surface area contributed by atoms with Crippen LogP contribution in [0, 0.1) is 24.0 Å². The number of ether oxygens (including phenoxy) is 2. The molecule has 2 aromatic heterocycles. The van der Waals surface area contributed by atoms with Crippen LogP contribution in [0.15, 0.2) is 30.3 Å². The molecule has 0 saturated carbocycles. The van der Waals surface area contributed by atoms with E-state index in [-0.39, 0.29) is 59.4 Å². The normalized spacial score (nSPS) is 22.3. The molecule has 0 radical (unpaired) electrons. The lowest BCUT2D eigenvalue weighted by atomic mass is 9.95. The second kappa shape index (κ2) is 10.5. The van der Waals surface area contributed by atoms with E-state index in [1.54, 1.807) is 36.1 Å². The van der Waals surface area contributed by atoms with Gasteiger partial charge in [0.15, 0.2) is 5.82 Å². The number of benzene rings is 2. The zero-order valence-corrected chi connectivity index (χ0v) is 23.6. The lowest BCUT2D eigenvalue weighted by Gasteiger charge is -2.31. The van der Waals surface area contributed by atoms with E-state index < -0.39 is 29.4 Å². The van der Waals surface area contributed by atoms with Gasteiger partial charge in [0, 0.05) is 30.5 Å². The van der Waals surface area contributed by atoms with Crippen LogP contribution >= 0.6 is 0 Å². The van der Waals surface area contributed by atoms with Crippen LogP contribution in [-0.2, 0) is 0 Å². The van der Waals surface area contributed by atoms with Gasteiger partial charge in [-0.05, 0) is 37.8 Å². The van der Waals surface area contributed by atoms with Crippen molar-refractivity contribution in [3.8, 4) is 35.5 Å². The fourth-order valence-electron chi connectivity index (χ4n) is 6.87. The maximum atomic E-state index is 16.7. The Labute approximate surface area is 246 Å². The number of hydrogen-bond acceptors (Lipinski definition) is 8. The first kappa shape index (κ1) is 27.7. The van der Waals surface area contributed by atoms with E-state index in [0.29, 0.717) is 36.1 Å². The molecule has 7 rings (SSSR count). The number of fused-ring (bicyclic) bond motifs is 2. The molecule has 4 aromatic rings. The summed E-state index contributed by atoms with van der Waals surface area (Å²) in [4.78, 5) is 17.6. The molecule has 8 nitrogen and oxygen atoms in total. The minimum absolute atomic E-state index is 0.000191. The van der Waals surface area contributed by atoms with Gasteiger partial charge in [-0.25, -0.2) is 18.2 Å². The number of aromatic nitrogens is 3. The summed E-state index contributed by atoms with van der Waals surface area (Å²) in [6, 6.07) is 7.90. The first-order valence-electron chi connectivity index (χ1n) is 14.4. The highest BCUT2D eigenvalue weighted by atomic mass is 19.1. The van der Waals surface area contributed by atoms with Crippen molar-refractivity contribution >= 4 is 27.5 Å². The maximum absolute atomic E-state index is 16.7. The zero-order chi connectivity index (χ0) is 29.9. The smallest absolute Gasteiger partial charge is 0.319 e. The fourth-order valence-corrected chi connectivity index (χ4v) is 6.87. The Morgan fingerprint density at radius 2 is 2.05 bits per heavy atom. The molecule has 0 amide bonds. The van der Waals surface area contributed by atoms with Gasteiger partial charge in [0.05, 0.1) is 23.8 Å². The highest BCUT2D eigenvalue weighted by molar-refractivity contribution is 6.03. The predicted octanol–water partition coefficient (Wildman–Crippen LogP) is 4.64. The Morgan fingerprint density at radius 1 is 1.19 bits per heavy atom. The van der Waals surface area contributed by atoms with Crippen LogP contribution in [0.1, 0.15) is 31.7 Å². The van der Waals surface area contributed by atoms with Crippen molar-refractivity contribution in [3.63, 3.8) is 0 Å². The number of alkyl halides is 1. The van der Waals surface area contributed by atoms with Crippen LogP contribution in [0.25, 0.3) is 32.9 Å².